The highest BCUT2D eigenvalue weighted by atomic mass is 15.3. The molecule has 2 aliphatic carbocycles. The first-order valence-corrected chi connectivity index (χ1v) is 6.20. The first kappa shape index (κ1) is 10.00. The third-order valence-electron chi connectivity index (χ3n) is 4.33. The van der Waals surface area contributed by atoms with Crippen molar-refractivity contribution < 1.29 is 0 Å². The van der Waals surface area contributed by atoms with Crippen molar-refractivity contribution >= 4 is 11.5 Å². The number of rotatable bonds is 2. The van der Waals surface area contributed by atoms with E-state index < -0.39 is 0 Å². The van der Waals surface area contributed by atoms with Gasteiger partial charge in [0.25, 0.3) is 0 Å². The Balaban J connectivity index is 1.79. The number of nitrogens with one attached hydrogen (secondary N) is 1. The van der Waals surface area contributed by atoms with E-state index in [-0.39, 0.29) is 0 Å². The molecule has 0 aromatic carbocycles. The molecule has 88 valence electrons. The van der Waals surface area contributed by atoms with Crippen LogP contribution in [-0.2, 0) is 7.05 Å². The molecule has 2 saturated carbocycles. The first-order valence-electron chi connectivity index (χ1n) is 6.20. The van der Waals surface area contributed by atoms with E-state index in [1.165, 1.54) is 25.7 Å². The second-order valence-corrected chi connectivity index (χ2v) is 5.40. The van der Waals surface area contributed by atoms with Gasteiger partial charge in [0.2, 0.25) is 0 Å². The molecule has 0 amide bonds. The van der Waals surface area contributed by atoms with Crippen molar-refractivity contribution in [3.63, 3.8) is 0 Å². The predicted octanol–water partition coefficient (Wildman–Crippen LogP) is 1.91. The minimum absolute atomic E-state index is 0.621. The Morgan fingerprint density at radius 1 is 1.38 bits per heavy atom. The molecular formula is C12H20N4. The van der Waals surface area contributed by atoms with Crippen molar-refractivity contribution in [3.8, 4) is 0 Å². The summed E-state index contributed by atoms with van der Waals surface area (Å²) in [5.41, 5.74) is 7.77. The van der Waals surface area contributed by atoms with Gasteiger partial charge in [0, 0.05) is 13.1 Å². The zero-order chi connectivity index (χ0) is 11.3. The van der Waals surface area contributed by atoms with E-state index in [0.29, 0.717) is 6.04 Å². The summed E-state index contributed by atoms with van der Waals surface area (Å²) in [6, 6.07) is 0.621. The van der Waals surface area contributed by atoms with Gasteiger partial charge in [-0.3, -0.25) is 4.68 Å². The van der Waals surface area contributed by atoms with E-state index in [2.05, 4.69) is 10.4 Å². The normalized spacial score (nSPS) is 32.2. The quantitative estimate of drug-likeness (QED) is 0.800. The van der Waals surface area contributed by atoms with Crippen LogP contribution in [0.3, 0.4) is 0 Å². The number of hydrogen-bond acceptors (Lipinski definition) is 3. The van der Waals surface area contributed by atoms with Crippen LogP contribution in [0.5, 0.6) is 0 Å². The average Bonchev–Trinajstić information content (AvgIpc) is 2.90. The lowest BCUT2D eigenvalue weighted by molar-refractivity contribution is 0.437. The Labute approximate surface area is 96.2 Å². The van der Waals surface area contributed by atoms with E-state index in [1.54, 1.807) is 0 Å². The second-order valence-electron chi connectivity index (χ2n) is 5.40. The molecule has 16 heavy (non-hydrogen) atoms. The summed E-state index contributed by atoms with van der Waals surface area (Å²) in [6.07, 6.45) is 5.55. The molecule has 0 aliphatic heterocycles. The van der Waals surface area contributed by atoms with Crippen LogP contribution in [0.15, 0.2) is 0 Å². The van der Waals surface area contributed by atoms with Gasteiger partial charge >= 0.3 is 0 Å². The van der Waals surface area contributed by atoms with Crippen molar-refractivity contribution in [2.45, 2.75) is 38.6 Å². The van der Waals surface area contributed by atoms with Crippen molar-refractivity contribution in [1.82, 2.24) is 9.78 Å². The van der Waals surface area contributed by atoms with Crippen LogP contribution in [0.1, 0.15) is 31.4 Å². The Hall–Kier alpha value is -1.19. The molecule has 3 N–H and O–H groups in total. The molecule has 1 heterocycles. The van der Waals surface area contributed by atoms with E-state index in [9.17, 15) is 0 Å². The van der Waals surface area contributed by atoms with Crippen LogP contribution in [0.25, 0.3) is 0 Å². The van der Waals surface area contributed by atoms with Crippen molar-refractivity contribution in [2.75, 3.05) is 11.1 Å². The molecule has 4 heteroatoms. The number of aryl methyl sites for hydroxylation is 2. The molecule has 0 radical (unpaired) electrons. The largest absolute Gasteiger partial charge is 0.394 e. The van der Waals surface area contributed by atoms with E-state index in [4.69, 9.17) is 5.73 Å². The van der Waals surface area contributed by atoms with Crippen molar-refractivity contribution in [2.24, 2.45) is 18.9 Å². The van der Waals surface area contributed by atoms with Gasteiger partial charge in [-0.2, -0.15) is 5.10 Å². The fourth-order valence-corrected chi connectivity index (χ4v) is 3.44. The lowest BCUT2D eigenvalue weighted by Gasteiger charge is -2.24. The summed E-state index contributed by atoms with van der Waals surface area (Å²) in [6.45, 7) is 1.96. The summed E-state index contributed by atoms with van der Waals surface area (Å²) in [5, 5.41) is 7.95. The average molecular weight is 220 g/mol. The highest BCUT2D eigenvalue weighted by Crippen LogP contribution is 2.45. The lowest BCUT2D eigenvalue weighted by Crippen LogP contribution is -2.27. The number of nitrogen functional groups attached to an aromatic ring is 1. The smallest absolute Gasteiger partial charge is 0.147 e. The molecule has 2 fully saturated rings. The SMILES string of the molecule is Cc1nn(C)c(NC2CC3CCC2C3)c1N. The van der Waals surface area contributed by atoms with Crippen LogP contribution in [0, 0.1) is 18.8 Å². The molecular weight excluding hydrogens is 200 g/mol. The summed E-state index contributed by atoms with van der Waals surface area (Å²) in [7, 11) is 1.96. The van der Waals surface area contributed by atoms with Gasteiger partial charge in [-0.1, -0.05) is 6.42 Å². The van der Waals surface area contributed by atoms with Crippen LogP contribution >= 0.6 is 0 Å². The zero-order valence-corrected chi connectivity index (χ0v) is 10.0. The molecule has 0 spiro atoms. The molecule has 1 aromatic rings. The Morgan fingerprint density at radius 3 is 2.69 bits per heavy atom. The maximum absolute atomic E-state index is 6.03. The number of aromatic nitrogens is 2. The minimum Gasteiger partial charge on any atom is -0.394 e. The second kappa shape index (κ2) is 3.40. The third-order valence-corrected chi connectivity index (χ3v) is 4.33. The molecule has 2 aliphatic rings. The van der Waals surface area contributed by atoms with E-state index >= 15 is 0 Å². The van der Waals surface area contributed by atoms with Crippen LogP contribution in [0.2, 0.25) is 0 Å². The van der Waals surface area contributed by atoms with E-state index in [0.717, 1.165) is 29.0 Å². The Morgan fingerprint density at radius 2 is 2.19 bits per heavy atom. The van der Waals surface area contributed by atoms with Crippen LogP contribution in [0.4, 0.5) is 11.5 Å². The van der Waals surface area contributed by atoms with Gasteiger partial charge in [-0.25, -0.2) is 0 Å². The fourth-order valence-electron chi connectivity index (χ4n) is 3.44. The fraction of sp³-hybridized carbons (Fsp3) is 0.750. The molecule has 2 bridgehead atoms. The molecule has 1 aromatic heterocycles. The summed E-state index contributed by atoms with van der Waals surface area (Å²) in [4.78, 5) is 0. The van der Waals surface area contributed by atoms with E-state index in [1.807, 2.05) is 18.7 Å². The standard InChI is InChI=1S/C12H20N4/c1-7-11(13)12(16(2)15-7)14-10-6-8-3-4-9(10)5-8/h8-10,14H,3-6,13H2,1-2H3. The summed E-state index contributed by atoms with van der Waals surface area (Å²) < 4.78 is 1.87. The predicted molar refractivity (Wildman–Crippen MR) is 65.2 cm³/mol. The monoisotopic (exact) mass is 220 g/mol. The van der Waals surface area contributed by atoms with Crippen LogP contribution < -0.4 is 11.1 Å². The Bertz CT molecular complexity index is 409. The summed E-state index contributed by atoms with van der Waals surface area (Å²) in [5.74, 6) is 2.83. The maximum atomic E-state index is 6.03. The van der Waals surface area contributed by atoms with Crippen molar-refractivity contribution in [1.29, 1.82) is 0 Å². The third kappa shape index (κ3) is 1.39. The van der Waals surface area contributed by atoms with Gasteiger partial charge in [0.1, 0.15) is 5.82 Å². The van der Waals surface area contributed by atoms with Gasteiger partial charge in [0.05, 0.1) is 11.4 Å². The molecule has 0 saturated heterocycles. The van der Waals surface area contributed by atoms with Gasteiger partial charge in [-0.05, 0) is 38.0 Å². The highest BCUT2D eigenvalue weighted by molar-refractivity contribution is 5.65. The number of nitrogens with zero attached hydrogens (tertiary/aromatic N) is 2. The molecule has 3 unspecified atom stereocenters. The lowest BCUT2D eigenvalue weighted by atomic mass is 9.95. The number of fused-ring (bicyclic) bond motifs is 2. The number of anilines is 2. The van der Waals surface area contributed by atoms with Gasteiger partial charge < -0.3 is 11.1 Å². The first-order chi connectivity index (χ1) is 7.65. The zero-order valence-electron chi connectivity index (χ0n) is 10.0. The molecule has 3 rings (SSSR count). The van der Waals surface area contributed by atoms with Gasteiger partial charge in [0.15, 0.2) is 0 Å². The van der Waals surface area contributed by atoms with Gasteiger partial charge in [-0.15, -0.1) is 0 Å². The van der Waals surface area contributed by atoms with Crippen molar-refractivity contribution in [3.05, 3.63) is 5.69 Å². The summed E-state index contributed by atoms with van der Waals surface area (Å²) >= 11 is 0. The molecule has 4 nitrogen and oxygen atoms in total. The molecule has 3 atom stereocenters. The minimum atomic E-state index is 0.621. The number of hydrogen-bond donors (Lipinski definition) is 2. The number of nitrogens with two attached hydrogens (primary N) is 1. The Kier molecular flexibility index (Phi) is 2.13. The van der Waals surface area contributed by atoms with Crippen LogP contribution in [-0.4, -0.2) is 15.8 Å². The topological polar surface area (TPSA) is 55.9 Å². The maximum Gasteiger partial charge on any atom is 0.147 e. The highest BCUT2D eigenvalue weighted by Gasteiger charge is 2.39.